The van der Waals surface area contributed by atoms with Gasteiger partial charge in [-0.05, 0) is 90.0 Å². The lowest BCUT2D eigenvalue weighted by Gasteiger charge is -2.25. The highest BCUT2D eigenvalue weighted by Crippen LogP contribution is 2.42. The Balaban J connectivity index is 1.27. The predicted molar refractivity (Wildman–Crippen MR) is 199 cm³/mol. The molecule has 0 aliphatic rings. The molecule has 7 aromatic carbocycles. The molecule has 0 bridgehead atoms. The highest BCUT2D eigenvalue weighted by molar-refractivity contribution is 7.25. The number of thiophene rings is 1. The molecular weight excluding hydrogens is 600 g/mol. The second kappa shape index (κ2) is 10.9. The van der Waals surface area contributed by atoms with Crippen LogP contribution in [0.5, 0.6) is 0 Å². The number of anilines is 3. The Kier molecular flexibility index (Phi) is 6.41. The van der Waals surface area contributed by atoms with Gasteiger partial charge in [0, 0.05) is 58.7 Å². The van der Waals surface area contributed by atoms with Gasteiger partial charge in [0.05, 0.1) is 11.0 Å². The molecule has 2 nitrogen and oxygen atoms in total. The zero-order valence-corrected chi connectivity index (χ0v) is 26.3. The minimum Gasteiger partial charge on any atom is -0.310 e. The van der Waals surface area contributed by atoms with Gasteiger partial charge in [-0.1, -0.05) is 96.5 Å². The smallest absolute Gasteiger partial charge is 0.0561 e. The Hall–Kier alpha value is -5.35. The predicted octanol–water partition coefficient (Wildman–Crippen LogP) is 12.9. The van der Waals surface area contributed by atoms with Crippen LogP contribution in [0, 0.1) is 0 Å². The maximum Gasteiger partial charge on any atom is 0.0561 e. The van der Waals surface area contributed by atoms with Crippen molar-refractivity contribution in [2.24, 2.45) is 0 Å². The number of aromatic nitrogens is 1. The Morgan fingerprint density at radius 2 is 1.02 bits per heavy atom. The molecule has 4 heteroatoms. The van der Waals surface area contributed by atoms with E-state index in [2.05, 4.69) is 167 Å². The van der Waals surface area contributed by atoms with Crippen molar-refractivity contribution in [2.75, 3.05) is 4.90 Å². The fourth-order valence-electron chi connectivity index (χ4n) is 6.71. The number of para-hydroxylation sites is 3. The minimum absolute atomic E-state index is 0.775. The van der Waals surface area contributed by atoms with E-state index in [4.69, 9.17) is 11.6 Å². The number of benzene rings is 7. The fraction of sp³-hybridized carbons (Fsp3) is 0. The molecule has 0 saturated heterocycles. The van der Waals surface area contributed by atoms with Gasteiger partial charge in [0.1, 0.15) is 0 Å². The molecule has 0 unspecified atom stereocenters. The van der Waals surface area contributed by atoms with Gasteiger partial charge in [0.25, 0.3) is 0 Å². The highest BCUT2D eigenvalue weighted by atomic mass is 35.5. The van der Waals surface area contributed by atoms with Crippen molar-refractivity contribution in [3.8, 4) is 16.8 Å². The van der Waals surface area contributed by atoms with Gasteiger partial charge >= 0.3 is 0 Å². The first kappa shape index (κ1) is 27.0. The number of nitrogens with zero attached hydrogens (tertiary/aromatic N) is 2. The molecule has 0 saturated carbocycles. The first-order chi connectivity index (χ1) is 22.7. The summed E-state index contributed by atoms with van der Waals surface area (Å²) in [6, 6.07) is 58.6. The summed E-state index contributed by atoms with van der Waals surface area (Å²) in [5, 5.41) is 5.75. The SMILES string of the molecule is Clc1ccc2c(c1)sc1ccc(-c3ccc4c5ccc(N(c6ccccc6)c6ccccc6)cc5n(-c5ccccc5)c4c3)cc12. The molecule has 218 valence electrons. The summed E-state index contributed by atoms with van der Waals surface area (Å²) in [6.07, 6.45) is 0. The van der Waals surface area contributed by atoms with E-state index >= 15 is 0 Å². The first-order valence-corrected chi connectivity index (χ1v) is 16.6. The van der Waals surface area contributed by atoms with E-state index in [0.717, 1.165) is 27.8 Å². The van der Waals surface area contributed by atoms with E-state index in [1.54, 1.807) is 11.3 Å². The quantitative estimate of drug-likeness (QED) is 0.184. The van der Waals surface area contributed by atoms with E-state index in [0.29, 0.717) is 0 Å². The lowest BCUT2D eigenvalue weighted by Crippen LogP contribution is -2.09. The standard InChI is InChI=1S/C42H27ClN2S/c43-30-18-21-37-38-24-28(17-23-41(38)46-42(37)26-30)29-16-20-35-36-22-19-34(27-40(36)45(39(35)25-29)33-14-8-3-9-15-33)44(31-10-4-1-5-11-31)32-12-6-2-7-13-32/h1-27H. The molecule has 0 fully saturated rings. The van der Waals surface area contributed by atoms with Gasteiger partial charge in [0.2, 0.25) is 0 Å². The fourth-order valence-corrected chi connectivity index (χ4v) is 8.08. The third-order valence-corrected chi connectivity index (χ3v) is 10.2. The van der Waals surface area contributed by atoms with E-state index in [1.807, 2.05) is 6.07 Å². The summed E-state index contributed by atoms with van der Waals surface area (Å²) in [5.41, 5.74) is 9.24. The van der Waals surface area contributed by atoms with E-state index < -0.39 is 0 Å². The normalized spacial score (nSPS) is 11.6. The van der Waals surface area contributed by atoms with Crippen LogP contribution in [0.15, 0.2) is 164 Å². The van der Waals surface area contributed by atoms with Crippen molar-refractivity contribution in [3.05, 3.63) is 169 Å². The second-order valence-electron chi connectivity index (χ2n) is 11.6. The van der Waals surface area contributed by atoms with Crippen molar-refractivity contribution in [1.82, 2.24) is 4.57 Å². The molecule has 2 aromatic heterocycles. The van der Waals surface area contributed by atoms with Crippen LogP contribution >= 0.6 is 22.9 Å². The summed E-state index contributed by atoms with van der Waals surface area (Å²) in [6.45, 7) is 0. The molecule has 2 heterocycles. The van der Waals surface area contributed by atoms with Gasteiger partial charge in [-0.3, -0.25) is 0 Å². The van der Waals surface area contributed by atoms with Crippen molar-refractivity contribution in [2.45, 2.75) is 0 Å². The molecule has 0 atom stereocenters. The van der Waals surface area contributed by atoms with E-state index in [1.165, 1.54) is 53.1 Å². The summed E-state index contributed by atoms with van der Waals surface area (Å²) in [5.74, 6) is 0. The number of halogens is 1. The lowest BCUT2D eigenvalue weighted by atomic mass is 10.0. The Morgan fingerprint density at radius 1 is 0.435 bits per heavy atom. The van der Waals surface area contributed by atoms with Gasteiger partial charge in [-0.15, -0.1) is 11.3 Å². The molecule has 9 aromatic rings. The van der Waals surface area contributed by atoms with Crippen LogP contribution in [0.3, 0.4) is 0 Å². The topological polar surface area (TPSA) is 8.17 Å². The molecule has 46 heavy (non-hydrogen) atoms. The van der Waals surface area contributed by atoms with Crippen LogP contribution in [-0.2, 0) is 0 Å². The Labute approximate surface area is 276 Å². The zero-order chi connectivity index (χ0) is 30.6. The average molecular weight is 627 g/mol. The van der Waals surface area contributed by atoms with E-state index in [-0.39, 0.29) is 0 Å². The molecular formula is C42H27ClN2S. The van der Waals surface area contributed by atoms with Crippen LogP contribution < -0.4 is 4.90 Å². The molecule has 9 rings (SSSR count). The molecule has 0 spiro atoms. The van der Waals surface area contributed by atoms with E-state index in [9.17, 15) is 0 Å². The average Bonchev–Trinajstić information content (AvgIpc) is 3.63. The lowest BCUT2D eigenvalue weighted by molar-refractivity contribution is 1.18. The molecule has 0 radical (unpaired) electrons. The van der Waals surface area contributed by atoms with Crippen LogP contribution in [0.25, 0.3) is 58.8 Å². The van der Waals surface area contributed by atoms with Crippen molar-refractivity contribution in [3.63, 3.8) is 0 Å². The van der Waals surface area contributed by atoms with Crippen molar-refractivity contribution >= 4 is 82.0 Å². The molecule has 0 amide bonds. The van der Waals surface area contributed by atoms with Gasteiger partial charge < -0.3 is 9.47 Å². The third kappa shape index (κ3) is 4.47. The molecule has 0 aliphatic heterocycles. The second-order valence-corrected chi connectivity index (χ2v) is 13.1. The Bertz CT molecular complexity index is 2490. The number of hydrogen-bond acceptors (Lipinski definition) is 2. The van der Waals surface area contributed by atoms with Crippen LogP contribution in [0.2, 0.25) is 5.02 Å². The first-order valence-electron chi connectivity index (χ1n) is 15.4. The van der Waals surface area contributed by atoms with Crippen molar-refractivity contribution in [1.29, 1.82) is 0 Å². The largest absolute Gasteiger partial charge is 0.310 e. The summed E-state index contributed by atoms with van der Waals surface area (Å²) in [7, 11) is 0. The number of hydrogen-bond donors (Lipinski definition) is 0. The maximum atomic E-state index is 6.32. The zero-order valence-electron chi connectivity index (χ0n) is 24.8. The van der Waals surface area contributed by atoms with Crippen LogP contribution in [0.4, 0.5) is 17.1 Å². The monoisotopic (exact) mass is 626 g/mol. The number of fused-ring (bicyclic) bond motifs is 6. The summed E-state index contributed by atoms with van der Waals surface area (Å²) in [4.78, 5) is 2.32. The van der Waals surface area contributed by atoms with Crippen LogP contribution in [-0.4, -0.2) is 4.57 Å². The summed E-state index contributed by atoms with van der Waals surface area (Å²) < 4.78 is 4.90. The summed E-state index contributed by atoms with van der Waals surface area (Å²) >= 11 is 8.11. The maximum absolute atomic E-state index is 6.32. The van der Waals surface area contributed by atoms with Gasteiger partial charge in [0.15, 0.2) is 0 Å². The number of rotatable bonds is 5. The molecule has 0 aliphatic carbocycles. The van der Waals surface area contributed by atoms with Gasteiger partial charge in [-0.2, -0.15) is 0 Å². The van der Waals surface area contributed by atoms with Crippen LogP contribution in [0.1, 0.15) is 0 Å². The molecule has 0 N–H and O–H groups in total. The highest BCUT2D eigenvalue weighted by Gasteiger charge is 2.18. The Morgan fingerprint density at radius 3 is 1.74 bits per heavy atom. The van der Waals surface area contributed by atoms with Gasteiger partial charge in [-0.25, -0.2) is 0 Å². The van der Waals surface area contributed by atoms with Crippen molar-refractivity contribution < 1.29 is 0 Å². The minimum atomic E-state index is 0.775. The third-order valence-electron chi connectivity index (χ3n) is 8.82.